The van der Waals surface area contributed by atoms with Gasteiger partial charge in [-0.05, 0) is 28.1 Å². The van der Waals surface area contributed by atoms with Crippen molar-refractivity contribution in [2.45, 2.75) is 0 Å². The third kappa shape index (κ3) is 3.75. The van der Waals surface area contributed by atoms with Gasteiger partial charge in [0.1, 0.15) is 18.8 Å². The number of benzene rings is 2. The molecule has 2 heterocycles. The van der Waals surface area contributed by atoms with Crippen LogP contribution in [0.2, 0.25) is 0 Å². The van der Waals surface area contributed by atoms with Gasteiger partial charge in [-0.25, -0.2) is 4.79 Å². The van der Waals surface area contributed by atoms with Crippen LogP contribution < -0.4 is 14.8 Å². The summed E-state index contributed by atoms with van der Waals surface area (Å²) in [6.07, 6.45) is 0. The number of hydrogen-bond acceptors (Lipinski definition) is 6. The van der Waals surface area contributed by atoms with Crippen molar-refractivity contribution in [1.82, 2.24) is 0 Å². The molecule has 1 amide bonds. The van der Waals surface area contributed by atoms with E-state index in [-0.39, 0.29) is 5.76 Å². The summed E-state index contributed by atoms with van der Waals surface area (Å²) in [5.41, 5.74) is 1.07. The summed E-state index contributed by atoms with van der Waals surface area (Å²) in [5, 5.41) is 3.45. The van der Waals surface area contributed by atoms with Crippen LogP contribution in [0, 0.1) is 0 Å². The third-order valence-corrected chi connectivity index (χ3v) is 4.52. The Kier molecular flexibility index (Phi) is 4.72. The molecule has 27 heavy (non-hydrogen) atoms. The van der Waals surface area contributed by atoms with Gasteiger partial charge >= 0.3 is 5.97 Å². The van der Waals surface area contributed by atoms with E-state index in [9.17, 15) is 9.59 Å². The van der Waals surface area contributed by atoms with Crippen LogP contribution in [0.25, 0.3) is 11.0 Å². The van der Waals surface area contributed by atoms with E-state index in [4.69, 9.17) is 18.6 Å². The van der Waals surface area contributed by atoms with Gasteiger partial charge in [-0.3, -0.25) is 4.79 Å². The van der Waals surface area contributed by atoms with E-state index in [1.54, 1.807) is 30.3 Å². The van der Waals surface area contributed by atoms with Gasteiger partial charge in [-0.2, -0.15) is 0 Å². The second-order valence-electron chi connectivity index (χ2n) is 5.75. The smallest absolute Gasteiger partial charge is 0.374 e. The normalized spacial score (nSPS) is 12.6. The molecule has 7 nitrogen and oxygen atoms in total. The highest BCUT2D eigenvalue weighted by atomic mass is 79.9. The molecule has 0 spiro atoms. The lowest BCUT2D eigenvalue weighted by molar-refractivity contribution is -0.119. The maximum Gasteiger partial charge on any atom is 0.374 e. The van der Waals surface area contributed by atoms with Crippen LogP contribution >= 0.6 is 15.9 Å². The molecule has 1 N–H and O–H groups in total. The molecule has 1 aliphatic rings. The molecular weight excluding hydrogens is 418 g/mol. The molecule has 138 valence electrons. The van der Waals surface area contributed by atoms with Crippen LogP contribution in [0.4, 0.5) is 5.69 Å². The van der Waals surface area contributed by atoms with Gasteiger partial charge in [0, 0.05) is 22.0 Å². The predicted octanol–water partition coefficient (Wildman–Crippen LogP) is 3.76. The summed E-state index contributed by atoms with van der Waals surface area (Å²) in [5.74, 6) is -0.00889. The summed E-state index contributed by atoms with van der Waals surface area (Å²) in [6, 6.07) is 12.2. The fourth-order valence-corrected chi connectivity index (χ4v) is 3.05. The fourth-order valence-electron chi connectivity index (χ4n) is 2.63. The van der Waals surface area contributed by atoms with Crippen molar-refractivity contribution in [2.24, 2.45) is 0 Å². The molecule has 0 aliphatic carbocycles. The lowest BCUT2D eigenvalue weighted by atomic mass is 10.2. The number of anilines is 1. The maximum atomic E-state index is 12.1. The highest BCUT2D eigenvalue weighted by Gasteiger charge is 2.18. The molecular formula is C19H14BrNO6. The molecule has 4 rings (SSSR count). The van der Waals surface area contributed by atoms with Gasteiger partial charge in [-0.1, -0.05) is 18.2 Å². The Hall–Kier alpha value is -3.00. The van der Waals surface area contributed by atoms with Crippen molar-refractivity contribution in [3.8, 4) is 11.5 Å². The van der Waals surface area contributed by atoms with Crippen molar-refractivity contribution >= 4 is 44.5 Å². The number of nitrogens with one attached hydrogen (secondary N) is 1. The quantitative estimate of drug-likeness (QED) is 0.632. The average Bonchev–Trinajstić information content (AvgIpc) is 3.11. The van der Waals surface area contributed by atoms with Crippen LogP contribution in [-0.4, -0.2) is 31.7 Å². The molecule has 0 unspecified atom stereocenters. The molecule has 1 aliphatic heterocycles. The molecule has 2 aromatic carbocycles. The Labute approximate surface area is 162 Å². The first-order chi connectivity index (χ1) is 13.1. The van der Waals surface area contributed by atoms with E-state index >= 15 is 0 Å². The van der Waals surface area contributed by atoms with E-state index < -0.39 is 18.5 Å². The molecule has 0 bridgehead atoms. The zero-order chi connectivity index (χ0) is 18.8. The predicted molar refractivity (Wildman–Crippen MR) is 100 cm³/mol. The minimum Gasteiger partial charge on any atom is -0.486 e. The van der Waals surface area contributed by atoms with Crippen molar-refractivity contribution in [1.29, 1.82) is 0 Å². The van der Waals surface area contributed by atoms with Crippen LogP contribution in [0.3, 0.4) is 0 Å². The van der Waals surface area contributed by atoms with Crippen molar-refractivity contribution in [2.75, 3.05) is 25.1 Å². The minimum absolute atomic E-state index is 0.0458. The summed E-state index contributed by atoms with van der Waals surface area (Å²) >= 11 is 3.37. The van der Waals surface area contributed by atoms with Gasteiger partial charge in [0.05, 0.1) is 5.69 Å². The molecule has 0 radical (unpaired) electrons. The lowest BCUT2D eigenvalue weighted by Crippen LogP contribution is -2.21. The second kappa shape index (κ2) is 7.32. The third-order valence-electron chi connectivity index (χ3n) is 3.87. The number of amides is 1. The first kappa shape index (κ1) is 17.4. The first-order valence-electron chi connectivity index (χ1n) is 8.15. The number of furan rings is 1. The van der Waals surface area contributed by atoms with Crippen LogP contribution in [0.5, 0.6) is 11.5 Å². The number of carbonyl (C=O) groups excluding carboxylic acids is 2. The summed E-state index contributed by atoms with van der Waals surface area (Å²) < 4.78 is 22.0. The van der Waals surface area contributed by atoms with Crippen LogP contribution in [0.1, 0.15) is 10.6 Å². The number of ether oxygens (including phenoxy) is 3. The standard InChI is InChI=1S/C19H14BrNO6/c20-12-8-15-16(25-6-5-24-15)9-13(12)21-18(22)10-26-19(23)17-7-11-3-1-2-4-14(11)27-17/h1-4,7-9H,5-6,10H2,(H,21,22). The first-order valence-corrected chi connectivity index (χ1v) is 8.94. The summed E-state index contributed by atoms with van der Waals surface area (Å²) in [7, 11) is 0. The number of carbonyl (C=O) groups is 2. The van der Waals surface area contributed by atoms with E-state index in [1.807, 2.05) is 12.1 Å². The highest BCUT2D eigenvalue weighted by molar-refractivity contribution is 9.10. The molecule has 0 saturated carbocycles. The number of halogens is 1. The fraction of sp³-hybridized carbons (Fsp3) is 0.158. The van der Waals surface area contributed by atoms with E-state index in [0.29, 0.717) is 40.5 Å². The molecule has 0 saturated heterocycles. The Morgan fingerprint density at radius 3 is 2.59 bits per heavy atom. The van der Waals surface area contributed by atoms with Gasteiger partial charge in [0.15, 0.2) is 18.1 Å². The average molecular weight is 432 g/mol. The molecule has 0 atom stereocenters. The number of hydrogen-bond donors (Lipinski definition) is 1. The monoisotopic (exact) mass is 431 g/mol. The van der Waals surface area contributed by atoms with Gasteiger partial charge in [0.2, 0.25) is 5.76 Å². The summed E-state index contributed by atoms with van der Waals surface area (Å²) in [4.78, 5) is 24.2. The summed E-state index contributed by atoms with van der Waals surface area (Å²) in [6.45, 7) is 0.469. The zero-order valence-corrected chi connectivity index (χ0v) is 15.6. The molecule has 0 fully saturated rings. The van der Waals surface area contributed by atoms with E-state index in [0.717, 1.165) is 5.39 Å². The van der Waals surface area contributed by atoms with Crippen molar-refractivity contribution < 1.29 is 28.2 Å². The largest absolute Gasteiger partial charge is 0.486 e. The molecule has 3 aromatic rings. The Morgan fingerprint density at radius 2 is 1.81 bits per heavy atom. The van der Waals surface area contributed by atoms with Crippen molar-refractivity contribution in [3.05, 3.63) is 52.7 Å². The zero-order valence-electron chi connectivity index (χ0n) is 14.0. The molecule has 8 heteroatoms. The van der Waals surface area contributed by atoms with Gasteiger partial charge in [0.25, 0.3) is 5.91 Å². The number of rotatable bonds is 4. The Bertz CT molecular complexity index is 995. The van der Waals surface area contributed by atoms with Crippen LogP contribution in [0.15, 0.2) is 51.4 Å². The Balaban J connectivity index is 1.39. The lowest BCUT2D eigenvalue weighted by Gasteiger charge is -2.20. The van der Waals surface area contributed by atoms with Gasteiger partial charge < -0.3 is 23.9 Å². The Morgan fingerprint density at radius 1 is 1.07 bits per heavy atom. The van der Waals surface area contributed by atoms with Crippen molar-refractivity contribution in [3.63, 3.8) is 0 Å². The molecule has 1 aromatic heterocycles. The number of fused-ring (bicyclic) bond motifs is 2. The SMILES string of the molecule is O=C(COC(=O)c1cc2ccccc2o1)Nc1cc2c(cc1Br)OCCO2. The minimum atomic E-state index is -0.706. The highest BCUT2D eigenvalue weighted by Crippen LogP contribution is 2.38. The topological polar surface area (TPSA) is 87.0 Å². The second-order valence-corrected chi connectivity index (χ2v) is 6.60. The van der Waals surface area contributed by atoms with E-state index in [1.165, 1.54) is 0 Å². The number of esters is 1. The van der Waals surface area contributed by atoms with Gasteiger partial charge in [-0.15, -0.1) is 0 Å². The van der Waals surface area contributed by atoms with E-state index in [2.05, 4.69) is 21.2 Å². The maximum absolute atomic E-state index is 12.1. The number of para-hydroxylation sites is 1. The van der Waals surface area contributed by atoms with Crippen LogP contribution in [-0.2, 0) is 9.53 Å².